The Labute approximate surface area is 224 Å². The van der Waals surface area contributed by atoms with Crippen LogP contribution in [0, 0.1) is 0 Å². The second-order valence-electron chi connectivity index (χ2n) is 9.87. The molecule has 1 saturated heterocycles. The summed E-state index contributed by atoms with van der Waals surface area (Å²) in [7, 11) is 1.64. The zero-order valence-electron chi connectivity index (χ0n) is 21.1. The van der Waals surface area contributed by atoms with Gasteiger partial charge in [-0.3, -0.25) is 9.89 Å². The summed E-state index contributed by atoms with van der Waals surface area (Å²) >= 11 is 0. The van der Waals surface area contributed by atoms with Crippen LogP contribution in [-0.4, -0.2) is 61.1 Å². The summed E-state index contributed by atoms with van der Waals surface area (Å²) in [5.74, 6) is -3.53. The number of nitrogens with one attached hydrogen (secondary N) is 2. The molecule has 0 atom stereocenters. The van der Waals surface area contributed by atoms with Crippen LogP contribution in [0.4, 0.5) is 39.4 Å². The Morgan fingerprint density at radius 3 is 2.48 bits per heavy atom. The lowest BCUT2D eigenvalue weighted by Crippen LogP contribution is -2.58. The number of likely N-dealkylation sites (tertiary alicyclic amines) is 1. The molecule has 0 radical (unpaired) electrons. The second-order valence-corrected chi connectivity index (χ2v) is 9.87. The van der Waals surface area contributed by atoms with Crippen molar-refractivity contribution < 1.29 is 26.7 Å². The van der Waals surface area contributed by atoms with Crippen molar-refractivity contribution in [1.82, 2.24) is 29.6 Å². The summed E-state index contributed by atoms with van der Waals surface area (Å²) in [6.45, 7) is -0.802. The lowest BCUT2D eigenvalue weighted by molar-refractivity contribution is -0.141. The monoisotopic (exact) mass is 558 g/mol. The number of amides is 1. The van der Waals surface area contributed by atoms with Crippen LogP contribution in [0.15, 0.2) is 48.8 Å². The average Bonchev–Trinajstić information content (AvgIpc) is 3.55. The molecule has 0 unspecified atom stereocenters. The first-order chi connectivity index (χ1) is 19.0. The Hall–Kier alpha value is -4.49. The minimum atomic E-state index is -4.70. The summed E-state index contributed by atoms with van der Waals surface area (Å²) in [4.78, 5) is 23.6. The van der Waals surface area contributed by atoms with E-state index in [2.05, 4.69) is 25.5 Å². The zero-order chi connectivity index (χ0) is 28.2. The van der Waals surface area contributed by atoms with E-state index in [-0.39, 0.29) is 24.0 Å². The molecular weight excluding hydrogens is 535 g/mol. The van der Waals surface area contributed by atoms with Gasteiger partial charge in [-0.15, -0.1) is 0 Å². The molecule has 0 bridgehead atoms. The molecule has 208 valence electrons. The third-order valence-corrected chi connectivity index (χ3v) is 7.07. The molecule has 2 aliphatic heterocycles. The molecule has 1 fully saturated rings. The van der Waals surface area contributed by atoms with Crippen LogP contribution >= 0.6 is 0 Å². The number of hydrogen-bond donors (Lipinski definition) is 2. The Kier molecular flexibility index (Phi) is 6.00. The van der Waals surface area contributed by atoms with Crippen molar-refractivity contribution in [3.05, 3.63) is 71.4 Å². The first-order valence-corrected chi connectivity index (χ1v) is 12.4. The molecule has 0 aliphatic carbocycles. The van der Waals surface area contributed by atoms with Crippen molar-refractivity contribution in [2.75, 3.05) is 29.9 Å². The normalized spacial score (nSPS) is 16.4. The maximum atomic E-state index is 13.8. The van der Waals surface area contributed by atoms with Gasteiger partial charge in [0.2, 0.25) is 5.95 Å². The Balaban J connectivity index is 1.25. The second kappa shape index (κ2) is 9.31. The molecule has 1 amide bonds. The molecule has 14 heteroatoms. The highest BCUT2D eigenvalue weighted by atomic mass is 19.4. The topological polar surface area (TPSA) is 95.0 Å². The van der Waals surface area contributed by atoms with Crippen LogP contribution in [0.5, 0.6) is 0 Å². The van der Waals surface area contributed by atoms with Gasteiger partial charge in [-0.05, 0) is 35.7 Å². The Bertz CT molecular complexity index is 1560. The molecule has 4 aromatic rings. The Morgan fingerprint density at radius 2 is 1.82 bits per heavy atom. The lowest BCUT2D eigenvalue weighted by atomic mass is 10.1. The molecule has 9 nitrogen and oxygen atoms in total. The van der Waals surface area contributed by atoms with Crippen molar-refractivity contribution in [3.8, 4) is 11.1 Å². The number of alkyl halides is 5. The predicted octanol–water partition coefficient (Wildman–Crippen LogP) is 4.62. The molecule has 0 spiro atoms. The highest BCUT2D eigenvalue weighted by Gasteiger charge is 2.47. The third kappa shape index (κ3) is 4.84. The molecule has 2 N–H and O–H groups in total. The van der Waals surface area contributed by atoms with Gasteiger partial charge < -0.3 is 19.7 Å². The fourth-order valence-corrected chi connectivity index (χ4v) is 4.93. The van der Waals surface area contributed by atoms with Gasteiger partial charge in [0.1, 0.15) is 11.5 Å². The maximum Gasteiger partial charge on any atom is 0.433 e. The number of halogens is 5. The quantitative estimate of drug-likeness (QED) is 0.347. The van der Waals surface area contributed by atoms with Crippen LogP contribution < -0.4 is 10.2 Å². The van der Waals surface area contributed by atoms with Crippen molar-refractivity contribution in [2.45, 2.75) is 25.1 Å². The van der Waals surface area contributed by atoms with Crippen LogP contribution in [0.1, 0.15) is 27.4 Å². The Morgan fingerprint density at radius 1 is 1.07 bits per heavy atom. The molecule has 5 heterocycles. The van der Waals surface area contributed by atoms with E-state index in [1.165, 1.54) is 0 Å². The first kappa shape index (κ1) is 25.8. The minimum absolute atomic E-state index is 0.0272. The van der Waals surface area contributed by atoms with E-state index in [1.807, 2.05) is 12.1 Å². The van der Waals surface area contributed by atoms with E-state index in [1.54, 1.807) is 47.1 Å². The van der Waals surface area contributed by atoms with Crippen molar-refractivity contribution in [1.29, 1.82) is 0 Å². The van der Waals surface area contributed by atoms with E-state index < -0.39 is 36.8 Å². The van der Waals surface area contributed by atoms with Crippen molar-refractivity contribution in [2.24, 2.45) is 7.05 Å². The number of hydrogen-bond acceptors (Lipinski definition) is 6. The van der Waals surface area contributed by atoms with Gasteiger partial charge in [-0.1, -0.05) is 12.1 Å². The standard InChI is InChI=1S/C26H23F5N8O/c1-37-19(23(40)39-13-25(27,28)14-39)8-16-6-7-38(12-20(16)37)24-35-21(26(29,30)31)9-22(36-24)34-18-4-2-15(3-5-18)17-10-32-33-11-17/h2-5,8-11H,6-7,12-14H2,1H3,(H,32,33)(H,34,35,36). The van der Waals surface area contributed by atoms with Gasteiger partial charge in [0, 0.05) is 42.8 Å². The number of carbonyl (C=O) groups is 1. The zero-order valence-corrected chi connectivity index (χ0v) is 21.1. The summed E-state index contributed by atoms with van der Waals surface area (Å²) in [6.07, 6.45) is -0.893. The van der Waals surface area contributed by atoms with Crippen LogP contribution in [-0.2, 0) is 26.2 Å². The van der Waals surface area contributed by atoms with E-state index >= 15 is 0 Å². The average molecular weight is 559 g/mol. The SMILES string of the molecule is Cn1c(C(=O)N2CC(F)(F)C2)cc2c1CN(c1nc(Nc3ccc(-c4cn[nH]c4)cc3)cc(C(F)(F)F)n1)CC2. The molecule has 0 saturated carbocycles. The molecule has 1 aromatic carbocycles. The number of carbonyl (C=O) groups excluding carboxylic acids is 1. The number of aromatic nitrogens is 5. The largest absolute Gasteiger partial charge is 0.433 e. The van der Waals surface area contributed by atoms with Gasteiger partial charge in [0.05, 0.1) is 25.8 Å². The van der Waals surface area contributed by atoms with Gasteiger partial charge in [-0.2, -0.15) is 23.3 Å². The maximum absolute atomic E-state index is 13.8. The minimum Gasteiger partial charge on any atom is -0.342 e. The number of benzene rings is 1. The fourth-order valence-electron chi connectivity index (χ4n) is 4.93. The number of nitrogens with zero attached hydrogens (tertiary/aromatic N) is 6. The van der Waals surface area contributed by atoms with Gasteiger partial charge in [0.15, 0.2) is 5.69 Å². The molecular formula is C26H23F5N8O. The number of aromatic amines is 1. The number of anilines is 3. The van der Waals surface area contributed by atoms with Crippen LogP contribution in [0.2, 0.25) is 0 Å². The highest BCUT2D eigenvalue weighted by molar-refractivity contribution is 5.94. The van der Waals surface area contributed by atoms with Gasteiger partial charge in [-0.25, -0.2) is 13.8 Å². The van der Waals surface area contributed by atoms with Gasteiger partial charge >= 0.3 is 6.18 Å². The van der Waals surface area contributed by atoms with Gasteiger partial charge in [0.25, 0.3) is 11.8 Å². The molecule has 6 rings (SSSR count). The van der Waals surface area contributed by atoms with E-state index in [0.29, 0.717) is 24.3 Å². The highest BCUT2D eigenvalue weighted by Crippen LogP contribution is 2.34. The first-order valence-electron chi connectivity index (χ1n) is 12.4. The number of rotatable bonds is 5. The van der Waals surface area contributed by atoms with E-state index in [9.17, 15) is 26.7 Å². The lowest BCUT2D eigenvalue weighted by Gasteiger charge is -2.38. The summed E-state index contributed by atoms with van der Waals surface area (Å²) < 4.78 is 69.5. The summed E-state index contributed by atoms with van der Waals surface area (Å²) in [5, 5.41) is 9.57. The summed E-state index contributed by atoms with van der Waals surface area (Å²) in [5.41, 5.74) is 2.97. The van der Waals surface area contributed by atoms with E-state index in [4.69, 9.17) is 0 Å². The number of fused-ring (bicyclic) bond motifs is 1. The predicted molar refractivity (Wildman–Crippen MR) is 135 cm³/mol. The van der Waals surface area contributed by atoms with E-state index in [0.717, 1.165) is 27.7 Å². The fraction of sp³-hybridized carbons (Fsp3) is 0.308. The summed E-state index contributed by atoms with van der Waals surface area (Å²) in [6, 6.07) is 9.58. The third-order valence-electron chi connectivity index (χ3n) is 7.07. The molecule has 2 aliphatic rings. The molecule has 40 heavy (non-hydrogen) atoms. The number of H-pyrrole nitrogens is 1. The molecule has 3 aromatic heterocycles. The van der Waals surface area contributed by atoms with Crippen LogP contribution in [0.3, 0.4) is 0 Å². The van der Waals surface area contributed by atoms with Crippen molar-refractivity contribution in [3.63, 3.8) is 0 Å². The van der Waals surface area contributed by atoms with Crippen LogP contribution in [0.25, 0.3) is 11.1 Å². The van der Waals surface area contributed by atoms with Crippen molar-refractivity contribution >= 4 is 23.4 Å². The smallest absolute Gasteiger partial charge is 0.342 e.